The first kappa shape index (κ1) is 37.7. The van der Waals surface area contributed by atoms with Crippen LogP contribution in [0.4, 0.5) is 0 Å². The number of halogens is 2. The van der Waals surface area contributed by atoms with E-state index in [4.69, 9.17) is 0 Å². The van der Waals surface area contributed by atoms with E-state index in [2.05, 4.69) is 0 Å². The zero-order valence-corrected chi connectivity index (χ0v) is 7.18. The van der Waals surface area contributed by atoms with Crippen molar-refractivity contribution in [2.24, 2.45) is 0 Å². The third kappa shape index (κ3) is 9.01. The molecule has 0 saturated heterocycles. The maximum absolute atomic E-state index is 0. The van der Waals surface area contributed by atoms with Gasteiger partial charge in [0, 0.05) is 33.8 Å². The van der Waals surface area contributed by atoms with Gasteiger partial charge in [0.25, 0.3) is 0 Å². The van der Waals surface area contributed by atoms with Crippen LogP contribution in [0, 0.1) is 0 Å². The van der Waals surface area contributed by atoms with Crippen molar-refractivity contribution in [2.45, 2.75) is 0 Å². The molecule has 4 heavy (non-hydrogen) atoms. The summed E-state index contributed by atoms with van der Waals surface area (Å²) in [5.74, 6) is 0. The van der Waals surface area contributed by atoms with E-state index in [1.54, 1.807) is 0 Å². The molecule has 0 rings (SSSR count). The second-order valence-corrected chi connectivity index (χ2v) is 0. The summed E-state index contributed by atoms with van der Waals surface area (Å²) in [6.07, 6.45) is 0. The molecule has 0 nitrogen and oxygen atoms in total. The molecular formula is H2Br2CoMn. The van der Waals surface area contributed by atoms with Gasteiger partial charge < -0.3 is 0 Å². The van der Waals surface area contributed by atoms with E-state index < -0.39 is 0 Å². The Hall–Kier alpha value is 1.99. The number of rotatable bonds is 0. The first-order valence-electron chi connectivity index (χ1n) is 0. The maximum atomic E-state index is 0. The summed E-state index contributed by atoms with van der Waals surface area (Å²) in [6, 6.07) is 0. The van der Waals surface area contributed by atoms with Crippen LogP contribution >= 0.6 is 34.0 Å². The summed E-state index contributed by atoms with van der Waals surface area (Å²) in [4.78, 5) is 0. The van der Waals surface area contributed by atoms with Crippen LogP contribution in [-0.4, -0.2) is 0 Å². The topological polar surface area (TPSA) is 0 Å². The van der Waals surface area contributed by atoms with Crippen molar-refractivity contribution < 1.29 is 33.8 Å². The van der Waals surface area contributed by atoms with Gasteiger partial charge in [0.15, 0.2) is 0 Å². The summed E-state index contributed by atoms with van der Waals surface area (Å²) in [5, 5.41) is 0. The van der Waals surface area contributed by atoms with E-state index in [0.717, 1.165) is 0 Å². The Labute approximate surface area is 67.3 Å². The molecule has 0 unspecified atom stereocenters. The molecule has 0 saturated carbocycles. The first-order chi connectivity index (χ1) is 0. The van der Waals surface area contributed by atoms with Crippen LogP contribution < -0.4 is 0 Å². The first-order valence-corrected chi connectivity index (χ1v) is 0. The Morgan fingerprint density at radius 2 is 0.750 bits per heavy atom. The van der Waals surface area contributed by atoms with Crippen LogP contribution in [0.15, 0.2) is 0 Å². The monoisotopic (exact) mass is 274 g/mol. The standard InChI is InChI=1S/2BrH.Co.Mn/h2*1H;;. The predicted molar refractivity (Wildman–Crippen MR) is 20.6 cm³/mol. The van der Waals surface area contributed by atoms with E-state index in [1.807, 2.05) is 0 Å². The third-order valence-electron chi connectivity index (χ3n) is 0. The fourth-order valence-electron chi connectivity index (χ4n) is 0. The average Bonchev–Trinajstić information content (AvgIpc) is 0. The second kappa shape index (κ2) is 20.1. The van der Waals surface area contributed by atoms with Gasteiger partial charge in [-0.05, 0) is 0 Å². The molecular weight excluding hydrogens is 274 g/mol. The minimum absolute atomic E-state index is 0. The van der Waals surface area contributed by atoms with Crippen LogP contribution in [0.5, 0.6) is 0 Å². The Kier molecular flexibility index (Phi) is 189. The van der Waals surface area contributed by atoms with E-state index in [9.17, 15) is 0 Å². The van der Waals surface area contributed by atoms with Gasteiger partial charge in [-0.15, -0.1) is 34.0 Å². The molecule has 0 aromatic carbocycles. The Balaban J connectivity index is 0. The van der Waals surface area contributed by atoms with Crippen LogP contribution in [0.2, 0.25) is 0 Å². The summed E-state index contributed by atoms with van der Waals surface area (Å²) in [5.41, 5.74) is 0. The van der Waals surface area contributed by atoms with E-state index >= 15 is 0 Å². The summed E-state index contributed by atoms with van der Waals surface area (Å²) >= 11 is 0. The van der Waals surface area contributed by atoms with Gasteiger partial charge in [0.05, 0.1) is 0 Å². The molecule has 0 aliphatic heterocycles. The smallest absolute Gasteiger partial charge is 0 e. The van der Waals surface area contributed by atoms with Gasteiger partial charge >= 0.3 is 0 Å². The van der Waals surface area contributed by atoms with Gasteiger partial charge in [0.2, 0.25) is 0 Å². The maximum Gasteiger partial charge on any atom is 0 e. The van der Waals surface area contributed by atoms with E-state index in [-0.39, 0.29) is 67.8 Å². The normalized spacial score (nSPS) is 0. The molecule has 0 fully saturated rings. The van der Waals surface area contributed by atoms with Crippen molar-refractivity contribution in [3.63, 3.8) is 0 Å². The van der Waals surface area contributed by atoms with Crippen LogP contribution in [0.1, 0.15) is 0 Å². The minimum atomic E-state index is 0. The Bertz CT molecular complexity index is 6.00. The fourth-order valence-corrected chi connectivity index (χ4v) is 0. The van der Waals surface area contributed by atoms with Crippen LogP contribution in [0.3, 0.4) is 0 Å². The number of hydrogen-bond donors (Lipinski definition) is 0. The van der Waals surface area contributed by atoms with Gasteiger partial charge in [-0.1, -0.05) is 0 Å². The summed E-state index contributed by atoms with van der Waals surface area (Å²) < 4.78 is 0. The van der Waals surface area contributed by atoms with Crippen molar-refractivity contribution in [1.82, 2.24) is 0 Å². The molecule has 0 aliphatic carbocycles. The Morgan fingerprint density at radius 3 is 0.750 bits per heavy atom. The fraction of sp³-hybridized carbons (Fsp3) is 0. The molecule has 0 heterocycles. The SMILES string of the molecule is Br.Br.[Co].[Mn]. The molecule has 0 aromatic heterocycles. The largest absolute Gasteiger partial charge is 0.114 e. The van der Waals surface area contributed by atoms with Crippen LogP contribution in [-0.2, 0) is 33.8 Å². The summed E-state index contributed by atoms with van der Waals surface area (Å²) in [6.45, 7) is 0. The number of hydrogen-bond acceptors (Lipinski definition) is 0. The quantitative estimate of drug-likeness (QED) is 0.582. The molecule has 0 N–H and O–H groups in total. The second-order valence-electron chi connectivity index (χ2n) is 0. The molecule has 0 spiro atoms. The van der Waals surface area contributed by atoms with Gasteiger partial charge in [0.1, 0.15) is 0 Å². The third-order valence-corrected chi connectivity index (χ3v) is 0. The van der Waals surface area contributed by atoms with Crippen LogP contribution in [0.25, 0.3) is 0 Å². The Morgan fingerprint density at radius 1 is 0.750 bits per heavy atom. The molecule has 0 aliphatic rings. The van der Waals surface area contributed by atoms with Gasteiger partial charge in [-0.25, -0.2) is 0 Å². The molecule has 2 radical (unpaired) electrons. The van der Waals surface area contributed by atoms with Gasteiger partial charge in [-0.3, -0.25) is 0 Å². The van der Waals surface area contributed by atoms with Crippen molar-refractivity contribution in [3.05, 3.63) is 0 Å². The average molecular weight is 276 g/mol. The molecule has 0 amide bonds. The zero-order valence-electron chi connectivity index (χ0n) is 1.53. The summed E-state index contributed by atoms with van der Waals surface area (Å²) in [7, 11) is 0. The van der Waals surface area contributed by atoms with Gasteiger partial charge in [-0.2, -0.15) is 0 Å². The molecule has 0 aromatic rings. The molecule has 4 heteroatoms. The van der Waals surface area contributed by atoms with Crippen molar-refractivity contribution in [3.8, 4) is 0 Å². The van der Waals surface area contributed by atoms with E-state index in [0.29, 0.717) is 0 Å². The minimum Gasteiger partial charge on any atom is -0.114 e. The van der Waals surface area contributed by atoms with Crippen molar-refractivity contribution >= 4 is 34.0 Å². The molecule has 0 atom stereocenters. The molecule has 0 bridgehead atoms. The van der Waals surface area contributed by atoms with Crippen molar-refractivity contribution in [1.29, 1.82) is 0 Å². The predicted octanol–water partition coefficient (Wildman–Crippen LogP) is 1.15. The zero-order chi connectivity index (χ0) is 0. The van der Waals surface area contributed by atoms with E-state index in [1.165, 1.54) is 0 Å². The van der Waals surface area contributed by atoms with Crippen molar-refractivity contribution in [2.75, 3.05) is 0 Å². The molecule has 32 valence electrons.